The van der Waals surface area contributed by atoms with Crippen molar-refractivity contribution in [1.82, 2.24) is 0 Å². The molecule has 0 aromatic carbocycles. The monoisotopic (exact) mass is 484 g/mol. The van der Waals surface area contributed by atoms with Crippen molar-refractivity contribution in [3.63, 3.8) is 0 Å². The van der Waals surface area contributed by atoms with Crippen molar-refractivity contribution >= 4 is 5.97 Å². The summed E-state index contributed by atoms with van der Waals surface area (Å²) in [4.78, 5) is 11.9. The second-order valence-electron chi connectivity index (χ2n) is 16.2. The summed E-state index contributed by atoms with van der Waals surface area (Å²) in [6, 6.07) is 0. The topological polar surface area (TPSA) is 35.5 Å². The van der Waals surface area contributed by atoms with Gasteiger partial charge in [0.1, 0.15) is 6.10 Å². The number of carbonyl (C=O) groups is 1. The van der Waals surface area contributed by atoms with Gasteiger partial charge < -0.3 is 9.47 Å². The van der Waals surface area contributed by atoms with E-state index in [4.69, 9.17) is 9.47 Å². The van der Waals surface area contributed by atoms with Crippen LogP contribution in [-0.2, 0) is 14.3 Å². The second kappa shape index (κ2) is 7.29. The Morgan fingerprint density at radius 1 is 0.771 bits per heavy atom. The molecule has 6 fully saturated rings. The maximum Gasteiger partial charge on any atom is 0.302 e. The van der Waals surface area contributed by atoms with Crippen LogP contribution in [-0.4, -0.2) is 24.8 Å². The summed E-state index contributed by atoms with van der Waals surface area (Å²) in [6.07, 6.45) is 13.7. The van der Waals surface area contributed by atoms with Crippen molar-refractivity contribution in [2.45, 2.75) is 132 Å². The first-order valence-corrected chi connectivity index (χ1v) is 15.0. The van der Waals surface area contributed by atoms with Crippen molar-refractivity contribution in [3.05, 3.63) is 0 Å². The van der Waals surface area contributed by atoms with Gasteiger partial charge in [-0.25, -0.2) is 0 Å². The average Bonchev–Trinajstić information content (AvgIpc) is 3.10. The van der Waals surface area contributed by atoms with E-state index in [1.165, 1.54) is 57.8 Å². The zero-order chi connectivity index (χ0) is 25.2. The fourth-order valence-electron chi connectivity index (χ4n) is 12.4. The van der Waals surface area contributed by atoms with Crippen molar-refractivity contribution in [2.24, 2.45) is 56.2 Å². The highest BCUT2D eigenvalue weighted by Crippen LogP contribution is 2.78. The van der Waals surface area contributed by atoms with Crippen LogP contribution in [0.3, 0.4) is 0 Å². The van der Waals surface area contributed by atoms with Crippen molar-refractivity contribution in [2.75, 3.05) is 6.61 Å². The molecule has 0 aromatic rings. The smallest absolute Gasteiger partial charge is 0.302 e. The SMILES string of the molecule is CC(=O)O[C@@H]1CC[C@]2(C)[C@H]3CC[C@@H]4[C@H]5[C@@H]6OC[C@@]5(CCC6(C)C)CC[C@@]4(C)[C@]3(C)CC[C@H]2C1(C)C. The highest BCUT2D eigenvalue weighted by atomic mass is 16.5. The molecule has 5 saturated carbocycles. The van der Waals surface area contributed by atoms with Crippen LogP contribution in [0.25, 0.3) is 0 Å². The Morgan fingerprint density at radius 2 is 1.49 bits per heavy atom. The van der Waals surface area contributed by atoms with Crippen molar-refractivity contribution < 1.29 is 14.3 Å². The van der Waals surface area contributed by atoms with Gasteiger partial charge in [0, 0.05) is 12.3 Å². The summed E-state index contributed by atoms with van der Waals surface area (Å²) >= 11 is 0. The third-order valence-corrected chi connectivity index (χ3v) is 14.4. The lowest BCUT2D eigenvalue weighted by Crippen LogP contribution is -2.67. The van der Waals surface area contributed by atoms with E-state index in [0.717, 1.165) is 30.8 Å². The first-order chi connectivity index (χ1) is 16.2. The predicted molar refractivity (Wildman–Crippen MR) is 140 cm³/mol. The molecule has 1 aliphatic heterocycles. The van der Waals surface area contributed by atoms with Gasteiger partial charge in [-0.3, -0.25) is 4.79 Å². The molecule has 6 aliphatic rings. The van der Waals surface area contributed by atoms with Crippen molar-refractivity contribution in [1.29, 1.82) is 0 Å². The van der Waals surface area contributed by atoms with E-state index in [0.29, 0.717) is 39.1 Å². The lowest BCUT2D eigenvalue weighted by molar-refractivity contribution is -0.254. The Bertz CT molecular complexity index is 906. The average molecular weight is 485 g/mol. The van der Waals surface area contributed by atoms with Gasteiger partial charge in [0.15, 0.2) is 0 Å². The molecular formula is C32H52O3. The number of ether oxygens (including phenoxy) is 2. The minimum absolute atomic E-state index is 0.0503. The van der Waals surface area contributed by atoms with E-state index < -0.39 is 0 Å². The molecule has 198 valence electrons. The lowest BCUT2D eigenvalue weighted by Gasteiger charge is -2.73. The van der Waals surface area contributed by atoms with E-state index >= 15 is 0 Å². The maximum atomic E-state index is 11.9. The Morgan fingerprint density at radius 3 is 2.20 bits per heavy atom. The van der Waals surface area contributed by atoms with Crippen LogP contribution in [0, 0.1) is 56.2 Å². The standard InChI is InChI=1S/C32H52O3/c1-20(33)35-24-12-13-29(6)22(28(24,4)5)11-14-31(8)23(29)10-9-21-25-26-27(2,3)15-17-32(25,19-34-26)18-16-30(21,31)7/h21-26H,9-19H2,1-8H3/t21-,22+,23-,24-,25+,26+,29+,30-,31-,32-/m1/s1. The Kier molecular flexibility index (Phi) is 5.16. The number of hydrogen-bond acceptors (Lipinski definition) is 3. The van der Waals surface area contributed by atoms with E-state index in [1.807, 2.05) is 0 Å². The predicted octanol–water partition coefficient (Wildman–Crippen LogP) is 7.81. The lowest BCUT2D eigenvalue weighted by atomic mass is 9.31. The molecule has 1 saturated heterocycles. The van der Waals surface area contributed by atoms with Gasteiger partial charge in [-0.15, -0.1) is 0 Å². The molecule has 1 heterocycles. The Balaban J connectivity index is 1.35. The van der Waals surface area contributed by atoms with Gasteiger partial charge in [0.05, 0.1) is 12.7 Å². The van der Waals surface area contributed by atoms with E-state index in [9.17, 15) is 4.79 Å². The van der Waals surface area contributed by atoms with Gasteiger partial charge in [-0.2, -0.15) is 0 Å². The van der Waals surface area contributed by atoms with Crippen LogP contribution in [0.5, 0.6) is 0 Å². The Labute approximate surface area is 214 Å². The zero-order valence-electron chi connectivity index (χ0n) is 24.0. The molecule has 0 amide bonds. The molecule has 3 heteroatoms. The molecule has 0 N–H and O–H groups in total. The molecular weight excluding hydrogens is 432 g/mol. The molecule has 35 heavy (non-hydrogen) atoms. The number of fused-ring (bicyclic) bond motifs is 5. The first kappa shape index (κ1) is 24.7. The Hall–Kier alpha value is -0.570. The zero-order valence-corrected chi connectivity index (χ0v) is 24.0. The van der Waals surface area contributed by atoms with Crippen LogP contribution in [0.2, 0.25) is 0 Å². The molecule has 10 atom stereocenters. The van der Waals surface area contributed by atoms with Gasteiger partial charge in [-0.1, -0.05) is 48.5 Å². The molecule has 3 nitrogen and oxygen atoms in total. The number of esters is 1. The summed E-state index contributed by atoms with van der Waals surface area (Å²) in [6.45, 7) is 20.5. The highest BCUT2D eigenvalue weighted by Gasteiger charge is 2.72. The summed E-state index contributed by atoms with van der Waals surface area (Å²) in [5.41, 5.74) is 2.00. The molecule has 0 radical (unpaired) electrons. The largest absolute Gasteiger partial charge is 0.462 e. The molecule has 5 aliphatic carbocycles. The minimum atomic E-state index is -0.108. The summed E-state index contributed by atoms with van der Waals surface area (Å²) < 4.78 is 12.7. The number of hydrogen-bond donors (Lipinski definition) is 0. The molecule has 2 bridgehead atoms. The van der Waals surface area contributed by atoms with E-state index in [-0.39, 0.29) is 17.5 Å². The first-order valence-electron chi connectivity index (χ1n) is 15.0. The van der Waals surface area contributed by atoms with Crippen LogP contribution in [0.4, 0.5) is 0 Å². The quantitative estimate of drug-likeness (QED) is 0.356. The highest BCUT2D eigenvalue weighted by molar-refractivity contribution is 5.66. The molecule has 0 unspecified atom stereocenters. The van der Waals surface area contributed by atoms with Gasteiger partial charge >= 0.3 is 5.97 Å². The number of carbonyl (C=O) groups excluding carboxylic acids is 1. The fraction of sp³-hybridized carbons (Fsp3) is 0.969. The van der Waals surface area contributed by atoms with Gasteiger partial charge in [0.25, 0.3) is 0 Å². The molecule has 0 spiro atoms. The fourth-order valence-corrected chi connectivity index (χ4v) is 12.4. The molecule has 6 rings (SSSR count). The number of rotatable bonds is 1. The van der Waals surface area contributed by atoms with Crippen LogP contribution in [0.15, 0.2) is 0 Å². The van der Waals surface area contributed by atoms with E-state index in [2.05, 4.69) is 48.5 Å². The van der Waals surface area contributed by atoms with Gasteiger partial charge in [0.2, 0.25) is 0 Å². The third-order valence-electron chi connectivity index (χ3n) is 14.4. The van der Waals surface area contributed by atoms with Crippen LogP contribution >= 0.6 is 0 Å². The maximum absolute atomic E-state index is 11.9. The minimum Gasteiger partial charge on any atom is -0.462 e. The van der Waals surface area contributed by atoms with E-state index in [1.54, 1.807) is 6.92 Å². The molecule has 0 aromatic heterocycles. The summed E-state index contributed by atoms with van der Waals surface area (Å²) in [7, 11) is 0. The summed E-state index contributed by atoms with van der Waals surface area (Å²) in [5.74, 6) is 2.88. The van der Waals surface area contributed by atoms with Crippen molar-refractivity contribution in [3.8, 4) is 0 Å². The summed E-state index contributed by atoms with van der Waals surface area (Å²) in [5, 5.41) is 0. The third kappa shape index (κ3) is 2.97. The normalized spacial score (nSPS) is 55.7. The van der Waals surface area contributed by atoms with Crippen LogP contribution in [0.1, 0.15) is 120 Å². The van der Waals surface area contributed by atoms with Crippen LogP contribution < -0.4 is 0 Å². The second-order valence-corrected chi connectivity index (χ2v) is 16.2. The van der Waals surface area contributed by atoms with Gasteiger partial charge in [-0.05, 0) is 115 Å².